The standard InChI is InChI=1S/C4H6N4OS/c1-10(9)4-7-2-6-3(5)8-4/h2H,1H3,(H2,5,6,7,8). The number of nitrogen functional groups attached to an aromatic ring is 1. The van der Waals surface area contributed by atoms with Gasteiger partial charge in [0.15, 0.2) is 0 Å². The third-order valence-electron chi connectivity index (χ3n) is 0.825. The third-order valence-corrected chi connectivity index (χ3v) is 1.54. The molecule has 0 saturated carbocycles. The molecule has 1 aromatic rings. The summed E-state index contributed by atoms with van der Waals surface area (Å²) in [5.41, 5.74) is 5.20. The van der Waals surface area contributed by atoms with Crippen LogP contribution in [0.4, 0.5) is 5.95 Å². The second kappa shape index (κ2) is 2.80. The Morgan fingerprint density at radius 1 is 1.60 bits per heavy atom. The molecule has 2 N–H and O–H groups in total. The Hall–Kier alpha value is -0.880. The van der Waals surface area contributed by atoms with Crippen LogP contribution in [0.3, 0.4) is 0 Å². The first-order valence-corrected chi connectivity index (χ1v) is 4.04. The Morgan fingerprint density at radius 2 is 2.30 bits per heavy atom. The molecule has 54 valence electrons. The van der Waals surface area contributed by atoms with Crippen molar-refractivity contribution in [3.05, 3.63) is 6.33 Å². The molecule has 0 aliphatic rings. The summed E-state index contributed by atoms with van der Waals surface area (Å²) in [6.07, 6.45) is 2.72. The van der Waals surface area contributed by atoms with Gasteiger partial charge in [0.1, 0.15) is 12.6 Å². The number of rotatable bonds is 1. The molecule has 1 aromatic heterocycles. The fourth-order valence-corrected chi connectivity index (χ4v) is 0.849. The highest BCUT2D eigenvalue weighted by Crippen LogP contribution is 1.99. The van der Waals surface area contributed by atoms with Gasteiger partial charge < -0.3 is 10.3 Å². The van der Waals surface area contributed by atoms with Crippen LogP contribution in [0.15, 0.2) is 11.5 Å². The monoisotopic (exact) mass is 158 g/mol. The molecule has 10 heavy (non-hydrogen) atoms. The molecule has 0 spiro atoms. The zero-order valence-corrected chi connectivity index (χ0v) is 6.13. The Balaban J connectivity index is 2.96. The second-order valence-corrected chi connectivity index (χ2v) is 2.85. The first kappa shape index (κ1) is 7.23. The minimum absolute atomic E-state index is 0.0974. The first-order valence-electron chi connectivity index (χ1n) is 2.48. The summed E-state index contributed by atoms with van der Waals surface area (Å²) in [6.45, 7) is 0. The molecule has 0 fully saturated rings. The second-order valence-electron chi connectivity index (χ2n) is 1.58. The summed E-state index contributed by atoms with van der Waals surface area (Å²) in [5.74, 6) is 0.0974. The summed E-state index contributed by atoms with van der Waals surface area (Å²) in [6, 6.07) is 0. The molecule has 1 rings (SSSR count). The summed E-state index contributed by atoms with van der Waals surface area (Å²) in [7, 11) is 0. The zero-order chi connectivity index (χ0) is 7.56. The number of aromatic nitrogens is 3. The van der Waals surface area contributed by atoms with Crippen LogP contribution < -0.4 is 5.73 Å². The fraction of sp³-hybridized carbons (Fsp3) is 0.250. The van der Waals surface area contributed by atoms with E-state index in [4.69, 9.17) is 5.73 Å². The maximum absolute atomic E-state index is 10.7. The normalized spacial score (nSPS) is 13.0. The smallest absolute Gasteiger partial charge is 0.347 e. The molecule has 0 amide bonds. The van der Waals surface area contributed by atoms with E-state index in [9.17, 15) is 4.55 Å². The molecule has 0 aromatic carbocycles. The van der Waals surface area contributed by atoms with Crippen molar-refractivity contribution >= 4 is 17.1 Å². The lowest BCUT2D eigenvalue weighted by atomic mass is 11.0. The van der Waals surface area contributed by atoms with Crippen molar-refractivity contribution in [1.82, 2.24) is 15.0 Å². The van der Waals surface area contributed by atoms with Crippen molar-refractivity contribution < 1.29 is 4.55 Å². The molecule has 0 saturated heterocycles. The lowest BCUT2D eigenvalue weighted by molar-refractivity contribution is 0.591. The van der Waals surface area contributed by atoms with Gasteiger partial charge in [-0.1, -0.05) is 0 Å². The van der Waals surface area contributed by atoms with Crippen molar-refractivity contribution in [2.75, 3.05) is 12.0 Å². The van der Waals surface area contributed by atoms with E-state index in [1.807, 2.05) is 0 Å². The van der Waals surface area contributed by atoms with Crippen molar-refractivity contribution in [1.29, 1.82) is 0 Å². The third kappa shape index (κ3) is 1.55. The Morgan fingerprint density at radius 3 is 2.70 bits per heavy atom. The minimum atomic E-state index is -1.18. The van der Waals surface area contributed by atoms with E-state index in [1.165, 1.54) is 12.6 Å². The molecule has 0 aliphatic heterocycles. The number of hydrogen-bond donors (Lipinski definition) is 1. The highest BCUT2D eigenvalue weighted by molar-refractivity contribution is 7.90. The SMILES string of the molecule is C[S+]([O-])c1ncnc(N)n1. The van der Waals surface area contributed by atoms with Crippen molar-refractivity contribution in [2.45, 2.75) is 5.16 Å². The zero-order valence-electron chi connectivity index (χ0n) is 5.31. The number of anilines is 1. The topological polar surface area (TPSA) is 87.8 Å². The average molecular weight is 158 g/mol. The molecule has 0 bridgehead atoms. The van der Waals surface area contributed by atoms with E-state index >= 15 is 0 Å². The Kier molecular flexibility index (Phi) is 2.03. The van der Waals surface area contributed by atoms with Crippen LogP contribution in [0.2, 0.25) is 0 Å². The van der Waals surface area contributed by atoms with Crippen LogP contribution in [0.1, 0.15) is 0 Å². The number of nitrogens with zero attached hydrogens (tertiary/aromatic N) is 3. The molecular weight excluding hydrogens is 152 g/mol. The van der Waals surface area contributed by atoms with E-state index < -0.39 is 11.2 Å². The van der Waals surface area contributed by atoms with E-state index in [2.05, 4.69) is 15.0 Å². The van der Waals surface area contributed by atoms with Crippen molar-refractivity contribution in [3.63, 3.8) is 0 Å². The lowest BCUT2D eigenvalue weighted by Gasteiger charge is -1.99. The maximum Gasteiger partial charge on any atom is 0.347 e. The van der Waals surface area contributed by atoms with Gasteiger partial charge in [-0.15, -0.1) is 4.98 Å². The lowest BCUT2D eigenvalue weighted by Crippen LogP contribution is -2.06. The maximum atomic E-state index is 10.7. The van der Waals surface area contributed by atoms with E-state index in [-0.39, 0.29) is 11.1 Å². The van der Waals surface area contributed by atoms with Gasteiger partial charge >= 0.3 is 5.16 Å². The Labute approximate surface area is 60.9 Å². The predicted octanol–water partition coefficient (Wildman–Crippen LogP) is -0.809. The molecular formula is C4H6N4OS. The molecule has 0 aliphatic carbocycles. The predicted molar refractivity (Wildman–Crippen MR) is 36.6 cm³/mol. The molecule has 5 nitrogen and oxygen atoms in total. The summed E-state index contributed by atoms with van der Waals surface area (Å²) >= 11 is -1.18. The van der Waals surface area contributed by atoms with Gasteiger partial charge in [-0.3, -0.25) is 0 Å². The number of hydrogen-bond acceptors (Lipinski definition) is 5. The van der Waals surface area contributed by atoms with Gasteiger partial charge in [0, 0.05) is 11.2 Å². The first-order chi connectivity index (χ1) is 4.70. The van der Waals surface area contributed by atoms with Crippen LogP contribution in [0.25, 0.3) is 0 Å². The van der Waals surface area contributed by atoms with E-state index in [1.54, 1.807) is 0 Å². The summed E-state index contributed by atoms with van der Waals surface area (Å²) < 4.78 is 10.7. The molecule has 1 unspecified atom stereocenters. The number of nitrogens with two attached hydrogens (primary N) is 1. The highest BCUT2D eigenvalue weighted by atomic mass is 32.2. The molecule has 1 heterocycles. The van der Waals surface area contributed by atoms with Gasteiger partial charge in [-0.05, 0) is 0 Å². The highest BCUT2D eigenvalue weighted by Gasteiger charge is 2.07. The van der Waals surface area contributed by atoms with E-state index in [0.717, 1.165) is 0 Å². The van der Waals surface area contributed by atoms with Crippen molar-refractivity contribution in [3.8, 4) is 0 Å². The van der Waals surface area contributed by atoms with Crippen molar-refractivity contribution in [2.24, 2.45) is 0 Å². The largest absolute Gasteiger partial charge is 0.609 e. The van der Waals surface area contributed by atoms with Gasteiger partial charge in [0.25, 0.3) is 0 Å². The summed E-state index contributed by atoms with van der Waals surface area (Å²) in [4.78, 5) is 10.8. The van der Waals surface area contributed by atoms with Crippen LogP contribution in [0.5, 0.6) is 0 Å². The van der Waals surface area contributed by atoms with Crippen LogP contribution in [0, 0.1) is 0 Å². The molecule has 1 atom stereocenters. The minimum Gasteiger partial charge on any atom is -0.609 e. The van der Waals surface area contributed by atoms with Crippen LogP contribution in [-0.2, 0) is 11.2 Å². The molecule has 6 heteroatoms. The van der Waals surface area contributed by atoms with Gasteiger partial charge in [0.2, 0.25) is 5.95 Å². The van der Waals surface area contributed by atoms with E-state index in [0.29, 0.717) is 0 Å². The fourth-order valence-electron chi connectivity index (χ4n) is 0.432. The van der Waals surface area contributed by atoms with Gasteiger partial charge in [-0.2, -0.15) is 4.98 Å². The quantitative estimate of drug-likeness (QED) is 0.540. The Bertz CT molecular complexity index is 228. The molecule has 0 radical (unpaired) electrons. The van der Waals surface area contributed by atoms with Crippen LogP contribution >= 0.6 is 0 Å². The average Bonchev–Trinajstić information content (AvgIpc) is 1.88. The van der Waals surface area contributed by atoms with Gasteiger partial charge in [0.05, 0.1) is 0 Å². The van der Waals surface area contributed by atoms with Crippen LogP contribution in [-0.4, -0.2) is 25.8 Å². The van der Waals surface area contributed by atoms with Gasteiger partial charge in [-0.25, -0.2) is 4.98 Å². The summed E-state index contributed by atoms with van der Waals surface area (Å²) in [5, 5.41) is 0.215.